The molecule has 0 heterocycles. The Labute approximate surface area is 133 Å². The fraction of sp³-hybridized carbons (Fsp3) is 0.500. The number of halogens is 3. The van der Waals surface area contributed by atoms with Gasteiger partial charge in [-0.25, -0.2) is 4.79 Å². The first-order valence-electron chi connectivity index (χ1n) is 7.46. The minimum Gasteiger partial charge on any atom is -0.328 e. The lowest BCUT2D eigenvalue weighted by atomic mass is 9.98. The molecule has 128 valence electrons. The summed E-state index contributed by atoms with van der Waals surface area (Å²) in [5, 5.41) is 4.92. The highest BCUT2D eigenvalue weighted by molar-refractivity contribution is 5.90. The van der Waals surface area contributed by atoms with Crippen LogP contribution in [0.15, 0.2) is 24.3 Å². The van der Waals surface area contributed by atoms with E-state index in [1.165, 1.54) is 0 Å². The molecular weight excluding hydrogens is 309 g/mol. The maximum absolute atomic E-state index is 12.4. The number of benzene rings is 1. The van der Waals surface area contributed by atoms with Crippen molar-refractivity contribution in [1.29, 1.82) is 0 Å². The molecule has 0 aliphatic carbocycles. The van der Waals surface area contributed by atoms with E-state index in [4.69, 9.17) is 0 Å². The Morgan fingerprint density at radius 1 is 1.26 bits per heavy atom. The van der Waals surface area contributed by atoms with E-state index in [0.29, 0.717) is 18.6 Å². The number of hydrogen-bond acceptors (Lipinski definition) is 2. The lowest BCUT2D eigenvalue weighted by molar-refractivity contribution is -0.137. The number of alkyl halides is 3. The van der Waals surface area contributed by atoms with E-state index in [0.717, 1.165) is 37.1 Å². The molecule has 0 fully saturated rings. The van der Waals surface area contributed by atoms with Gasteiger partial charge in [-0.2, -0.15) is 13.2 Å². The summed E-state index contributed by atoms with van der Waals surface area (Å²) in [5.74, 6) is 0.293. The maximum atomic E-state index is 12.4. The van der Waals surface area contributed by atoms with Crippen LogP contribution in [0.4, 0.5) is 23.7 Å². The van der Waals surface area contributed by atoms with E-state index >= 15 is 0 Å². The molecule has 7 heteroatoms. The van der Waals surface area contributed by atoms with Gasteiger partial charge in [-0.05, 0) is 36.6 Å². The number of hydrogen-bond donors (Lipinski definition) is 2. The number of urea groups is 1. The van der Waals surface area contributed by atoms with Gasteiger partial charge >= 0.3 is 12.2 Å². The highest BCUT2D eigenvalue weighted by atomic mass is 19.4. The van der Waals surface area contributed by atoms with Crippen LogP contribution in [0.3, 0.4) is 0 Å². The van der Waals surface area contributed by atoms with Gasteiger partial charge in [0.05, 0.1) is 11.6 Å². The van der Waals surface area contributed by atoms with Gasteiger partial charge in [0.15, 0.2) is 0 Å². The van der Waals surface area contributed by atoms with Crippen molar-refractivity contribution < 1.29 is 22.8 Å². The van der Waals surface area contributed by atoms with E-state index in [-0.39, 0.29) is 5.69 Å². The molecular formula is C16H21F3N2O2. The second-order valence-electron chi connectivity index (χ2n) is 5.55. The summed E-state index contributed by atoms with van der Waals surface area (Å²) in [5.41, 5.74) is -0.565. The minimum absolute atomic E-state index is 0.224. The van der Waals surface area contributed by atoms with Crippen LogP contribution in [-0.4, -0.2) is 18.4 Å². The summed E-state index contributed by atoms with van der Waals surface area (Å²) in [6, 6.07) is 2.86. The van der Waals surface area contributed by atoms with Gasteiger partial charge in [0.2, 0.25) is 0 Å². The standard InChI is InChI=1S/C16H21F3N2O2/c1-3-4-11(2)9-14(10-22)21-15(23)20-13-7-5-12(6-8-13)16(17,18)19/h5-8,10-11,14H,3-4,9H2,1-2H3,(H2,20,21,23)/t11?,14-/m0/s1. The van der Waals surface area contributed by atoms with Crippen molar-refractivity contribution >= 4 is 18.0 Å². The number of anilines is 1. The highest BCUT2D eigenvalue weighted by Crippen LogP contribution is 2.29. The number of aldehydes is 1. The zero-order valence-corrected chi connectivity index (χ0v) is 13.1. The Bertz CT molecular complexity index is 515. The molecule has 0 aromatic heterocycles. The molecule has 0 saturated carbocycles. The molecule has 1 rings (SSSR count). The summed E-state index contributed by atoms with van der Waals surface area (Å²) >= 11 is 0. The Hall–Kier alpha value is -2.05. The van der Waals surface area contributed by atoms with E-state index in [9.17, 15) is 22.8 Å². The van der Waals surface area contributed by atoms with Gasteiger partial charge < -0.3 is 15.4 Å². The quantitative estimate of drug-likeness (QED) is 0.735. The van der Waals surface area contributed by atoms with Crippen LogP contribution >= 0.6 is 0 Å². The van der Waals surface area contributed by atoms with Crippen molar-refractivity contribution in [2.45, 2.75) is 45.3 Å². The first-order valence-corrected chi connectivity index (χ1v) is 7.46. The number of rotatable bonds is 7. The molecule has 0 saturated heterocycles. The molecule has 0 aliphatic rings. The Morgan fingerprint density at radius 3 is 2.35 bits per heavy atom. The third-order valence-electron chi connectivity index (χ3n) is 3.39. The summed E-state index contributed by atoms with van der Waals surface area (Å²) < 4.78 is 37.3. The zero-order valence-electron chi connectivity index (χ0n) is 13.1. The molecule has 2 amide bonds. The Morgan fingerprint density at radius 2 is 1.87 bits per heavy atom. The average molecular weight is 330 g/mol. The fourth-order valence-electron chi connectivity index (χ4n) is 2.27. The third kappa shape index (κ3) is 6.71. The van der Waals surface area contributed by atoms with Crippen LogP contribution in [0.2, 0.25) is 0 Å². The molecule has 0 spiro atoms. The van der Waals surface area contributed by atoms with Crippen LogP contribution in [0.5, 0.6) is 0 Å². The van der Waals surface area contributed by atoms with Gasteiger partial charge in [0.1, 0.15) is 6.29 Å². The van der Waals surface area contributed by atoms with Gasteiger partial charge in [-0.1, -0.05) is 26.7 Å². The smallest absolute Gasteiger partial charge is 0.328 e. The van der Waals surface area contributed by atoms with Crippen molar-refractivity contribution in [3.8, 4) is 0 Å². The van der Waals surface area contributed by atoms with E-state index in [1.807, 2.05) is 13.8 Å². The lowest BCUT2D eigenvalue weighted by Gasteiger charge is -2.17. The molecule has 4 nitrogen and oxygen atoms in total. The van der Waals surface area contributed by atoms with Crippen molar-refractivity contribution in [2.75, 3.05) is 5.32 Å². The van der Waals surface area contributed by atoms with Crippen LogP contribution in [0, 0.1) is 5.92 Å². The first-order chi connectivity index (χ1) is 10.8. The molecule has 1 aromatic carbocycles. The molecule has 0 radical (unpaired) electrons. The van der Waals surface area contributed by atoms with Crippen LogP contribution in [0.25, 0.3) is 0 Å². The maximum Gasteiger partial charge on any atom is 0.416 e. The largest absolute Gasteiger partial charge is 0.416 e. The number of carbonyl (C=O) groups is 2. The number of amides is 2. The molecule has 1 unspecified atom stereocenters. The first kappa shape index (κ1) is 19.0. The fourth-order valence-corrected chi connectivity index (χ4v) is 2.27. The van der Waals surface area contributed by atoms with Crippen molar-refractivity contribution in [3.63, 3.8) is 0 Å². The molecule has 23 heavy (non-hydrogen) atoms. The lowest BCUT2D eigenvalue weighted by Crippen LogP contribution is -2.39. The summed E-state index contributed by atoms with van der Waals surface area (Å²) in [4.78, 5) is 22.8. The molecule has 2 atom stereocenters. The highest BCUT2D eigenvalue weighted by Gasteiger charge is 2.30. The predicted octanol–water partition coefficient (Wildman–Crippen LogP) is 4.22. The average Bonchev–Trinajstić information content (AvgIpc) is 2.46. The van der Waals surface area contributed by atoms with Crippen LogP contribution < -0.4 is 10.6 Å². The van der Waals surface area contributed by atoms with Crippen molar-refractivity contribution in [3.05, 3.63) is 29.8 Å². The van der Waals surface area contributed by atoms with Gasteiger partial charge in [-0.15, -0.1) is 0 Å². The van der Waals surface area contributed by atoms with Gasteiger partial charge in [0.25, 0.3) is 0 Å². The number of carbonyl (C=O) groups excluding carboxylic acids is 2. The van der Waals surface area contributed by atoms with Crippen LogP contribution in [-0.2, 0) is 11.0 Å². The molecule has 0 bridgehead atoms. The molecule has 1 aromatic rings. The van der Waals surface area contributed by atoms with Crippen molar-refractivity contribution in [1.82, 2.24) is 5.32 Å². The zero-order chi connectivity index (χ0) is 17.5. The van der Waals surface area contributed by atoms with Gasteiger partial charge in [-0.3, -0.25) is 0 Å². The van der Waals surface area contributed by atoms with Gasteiger partial charge in [0, 0.05) is 5.69 Å². The molecule has 0 aliphatic heterocycles. The predicted molar refractivity (Wildman–Crippen MR) is 82.1 cm³/mol. The topological polar surface area (TPSA) is 58.2 Å². The Balaban J connectivity index is 2.56. The second kappa shape index (κ2) is 8.55. The SMILES string of the molecule is CCCC(C)C[C@@H](C=O)NC(=O)Nc1ccc(C(F)(F)F)cc1. The van der Waals surface area contributed by atoms with E-state index < -0.39 is 23.8 Å². The summed E-state index contributed by atoms with van der Waals surface area (Å²) in [6.45, 7) is 4.03. The summed E-state index contributed by atoms with van der Waals surface area (Å²) in [7, 11) is 0. The van der Waals surface area contributed by atoms with Crippen molar-refractivity contribution in [2.24, 2.45) is 5.92 Å². The normalized spacial score (nSPS) is 14.0. The van der Waals surface area contributed by atoms with Crippen LogP contribution in [0.1, 0.15) is 38.7 Å². The summed E-state index contributed by atoms with van der Waals surface area (Å²) in [6.07, 6.45) is -1.29. The monoisotopic (exact) mass is 330 g/mol. The number of nitrogens with one attached hydrogen (secondary N) is 2. The third-order valence-corrected chi connectivity index (χ3v) is 3.39. The minimum atomic E-state index is -4.42. The van der Waals surface area contributed by atoms with E-state index in [2.05, 4.69) is 10.6 Å². The Kier molecular flexibility index (Phi) is 7.06. The van der Waals surface area contributed by atoms with E-state index in [1.54, 1.807) is 0 Å². The second-order valence-corrected chi connectivity index (χ2v) is 5.55. The molecule has 2 N–H and O–H groups in total.